The lowest BCUT2D eigenvalue weighted by molar-refractivity contribution is -0.118. The summed E-state index contributed by atoms with van der Waals surface area (Å²) in [5, 5.41) is 6.06. The minimum atomic E-state index is -0.460. The number of nitrogens with zero attached hydrogens (tertiary/aromatic N) is 1. The van der Waals surface area contributed by atoms with Crippen molar-refractivity contribution in [3.63, 3.8) is 0 Å². The zero-order valence-corrected chi connectivity index (χ0v) is 9.24. The van der Waals surface area contributed by atoms with Crippen LogP contribution in [0.3, 0.4) is 0 Å². The molecule has 1 aliphatic carbocycles. The van der Waals surface area contributed by atoms with E-state index in [9.17, 15) is 9.59 Å². The van der Waals surface area contributed by atoms with Crippen LogP contribution >= 0.6 is 0 Å². The van der Waals surface area contributed by atoms with Crippen LogP contribution in [0.1, 0.15) is 19.3 Å². The zero-order valence-electron chi connectivity index (χ0n) is 9.24. The first kappa shape index (κ1) is 11.2. The summed E-state index contributed by atoms with van der Waals surface area (Å²) in [4.78, 5) is 24.4. The highest BCUT2D eigenvalue weighted by Crippen LogP contribution is 2.19. The van der Waals surface area contributed by atoms with Crippen molar-refractivity contribution in [2.45, 2.75) is 31.3 Å². The van der Waals surface area contributed by atoms with Crippen molar-refractivity contribution >= 4 is 11.9 Å². The van der Waals surface area contributed by atoms with Crippen LogP contribution < -0.4 is 16.4 Å². The monoisotopic (exact) mass is 226 g/mol. The summed E-state index contributed by atoms with van der Waals surface area (Å²) >= 11 is 0. The van der Waals surface area contributed by atoms with Gasteiger partial charge >= 0.3 is 6.03 Å². The predicted molar refractivity (Wildman–Crippen MR) is 58.7 cm³/mol. The lowest BCUT2D eigenvalue weighted by Gasteiger charge is -2.27. The van der Waals surface area contributed by atoms with Gasteiger partial charge in [-0.25, -0.2) is 4.79 Å². The molecule has 3 amide bonds. The molecule has 1 saturated heterocycles. The van der Waals surface area contributed by atoms with Crippen molar-refractivity contribution < 1.29 is 9.59 Å². The third kappa shape index (κ3) is 2.85. The van der Waals surface area contributed by atoms with E-state index in [1.807, 2.05) is 0 Å². The maximum absolute atomic E-state index is 11.9. The van der Waals surface area contributed by atoms with Gasteiger partial charge in [-0.1, -0.05) is 0 Å². The summed E-state index contributed by atoms with van der Waals surface area (Å²) in [6.45, 7) is 1.63. The molecule has 0 aromatic heterocycles. The van der Waals surface area contributed by atoms with Gasteiger partial charge in [0.15, 0.2) is 0 Å². The Morgan fingerprint density at radius 1 is 1.38 bits per heavy atom. The molecule has 2 rings (SSSR count). The van der Waals surface area contributed by atoms with Crippen molar-refractivity contribution in [2.24, 2.45) is 5.73 Å². The molecule has 16 heavy (non-hydrogen) atoms. The fourth-order valence-corrected chi connectivity index (χ4v) is 1.93. The number of carbonyl (C=O) groups excluding carboxylic acids is 2. The number of primary amides is 1. The van der Waals surface area contributed by atoms with E-state index in [-0.39, 0.29) is 18.6 Å². The molecule has 4 N–H and O–H groups in total. The Morgan fingerprint density at radius 2 is 2.12 bits per heavy atom. The van der Waals surface area contributed by atoms with E-state index < -0.39 is 5.91 Å². The van der Waals surface area contributed by atoms with Crippen LogP contribution in [0.5, 0.6) is 0 Å². The van der Waals surface area contributed by atoms with Gasteiger partial charge in [0, 0.05) is 18.6 Å². The second-order valence-corrected chi connectivity index (χ2v) is 4.46. The van der Waals surface area contributed by atoms with Gasteiger partial charge in [-0.15, -0.1) is 0 Å². The minimum absolute atomic E-state index is 0.00486. The van der Waals surface area contributed by atoms with Gasteiger partial charge in [0.2, 0.25) is 5.91 Å². The average molecular weight is 226 g/mol. The first-order valence-corrected chi connectivity index (χ1v) is 5.73. The molecular formula is C10H18N4O2. The molecule has 2 aliphatic rings. The summed E-state index contributed by atoms with van der Waals surface area (Å²) in [7, 11) is 0. The molecule has 90 valence electrons. The van der Waals surface area contributed by atoms with E-state index in [2.05, 4.69) is 10.6 Å². The Morgan fingerprint density at radius 3 is 2.62 bits per heavy atom. The molecule has 1 aliphatic heterocycles. The molecule has 0 radical (unpaired) electrons. The molecule has 1 atom stereocenters. The van der Waals surface area contributed by atoms with Gasteiger partial charge in [-0.2, -0.15) is 0 Å². The average Bonchev–Trinajstić information content (AvgIpc) is 2.87. The van der Waals surface area contributed by atoms with Crippen LogP contribution in [-0.2, 0) is 4.79 Å². The molecule has 1 heterocycles. The Labute approximate surface area is 94.5 Å². The lowest BCUT2D eigenvalue weighted by atomic mass is 10.2. The van der Waals surface area contributed by atoms with Gasteiger partial charge in [-0.3, -0.25) is 4.79 Å². The molecule has 0 bridgehead atoms. The largest absolute Gasteiger partial charge is 0.368 e. The number of hydrogen-bond donors (Lipinski definition) is 3. The third-order valence-electron chi connectivity index (χ3n) is 2.97. The van der Waals surface area contributed by atoms with Gasteiger partial charge in [-0.05, 0) is 25.8 Å². The van der Waals surface area contributed by atoms with Gasteiger partial charge in [0.05, 0.1) is 0 Å². The second-order valence-electron chi connectivity index (χ2n) is 4.46. The van der Waals surface area contributed by atoms with Gasteiger partial charge in [0.25, 0.3) is 0 Å². The summed E-state index contributed by atoms with van der Waals surface area (Å²) in [6.07, 6.45) is 2.96. The van der Waals surface area contributed by atoms with Gasteiger partial charge < -0.3 is 21.3 Å². The maximum atomic E-state index is 11.9. The number of amides is 3. The Balaban J connectivity index is 1.93. The van der Waals surface area contributed by atoms with Crippen LogP contribution in [0.25, 0.3) is 0 Å². The summed E-state index contributed by atoms with van der Waals surface area (Å²) in [6, 6.07) is 0.235. The predicted octanol–water partition coefficient (Wildman–Crippen LogP) is -0.992. The molecule has 6 heteroatoms. The van der Waals surface area contributed by atoms with Crippen LogP contribution in [0, 0.1) is 0 Å². The van der Waals surface area contributed by atoms with Crippen molar-refractivity contribution in [1.82, 2.24) is 15.5 Å². The minimum Gasteiger partial charge on any atom is -0.368 e. The summed E-state index contributed by atoms with van der Waals surface area (Å²) in [5.41, 5.74) is 5.16. The first-order chi connectivity index (χ1) is 7.66. The Bertz CT molecular complexity index is 285. The second kappa shape index (κ2) is 4.69. The van der Waals surface area contributed by atoms with Crippen molar-refractivity contribution in [2.75, 3.05) is 19.6 Å². The molecule has 0 aromatic carbocycles. The topological polar surface area (TPSA) is 87.5 Å². The summed E-state index contributed by atoms with van der Waals surface area (Å²) < 4.78 is 0. The summed E-state index contributed by atoms with van der Waals surface area (Å²) in [5.74, 6) is -0.460. The Kier molecular flexibility index (Phi) is 3.28. The van der Waals surface area contributed by atoms with E-state index >= 15 is 0 Å². The molecule has 1 unspecified atom stereocenters. The number of urea groups is 1. The number of carbonyl (C=O) groups is 2. The van der Waals surface area contributed by atoms with Gasteiger partial charge in [0.1, 0.15) is 6.54 Å². The molecule has 0 spiro atoms. The molecule has 2 fully saturated rings. The molecule has 0 aromatic rings. The van der Waals surface area contributed by atoms with E-state index in [0.29, 0.717) is 6.04 Å². The van der Waals surface area contributed by atoms with Crippen LogP contribution in [0.4, 0.5) is 4.79 Å². The maximum Gasteiger partial charge on any atom is 0.318 e. The highest BCUT2D eigenvalue weighted by Gasteiger charge is 2.31. The fraction of sp³-hybridized carbons (Fsp3) is 0.800. The quantitative estimate of drug-likeness (QED) is 0.575. The standard InChI is InChI=1S/C10H18N4O2/c11-9(15)6-14(8-3-4-12-5-8)10(16)13-7-1-2-7/h7-8,12H,1-6H2,(H2,11,15)(H,13,16). The van der Waals surface area contributed by atoms with E-state index in [4.69, 9.17) is 5.73 Å². The van der Waals surface area contributed by atoms with E-state index in [1.54, 1.807) is 4.90 Å². The highest BCUT2D eigenvalue weighted by molar-refractivity contribution is 5.83. The van der Waals surface area contributed by atoms with E-state index in [1.165, 1.54) is 0 Å². The van der Waals surface area contributed by atoms with Crippen LogP contribution in [0.2, 0.25) is 0 Å². The molecular weight excluding hydrogens is 208 g/mol. The lowest BCUT2D eigenvalue weighted by Crippen LogP contribution is -2.50. The number of nitrogens with two attached hydrogens (primary N) is 1. The molecule has 1 saturated carbocycles. The normalized spacial score (nSPS) is 24.1. The SMILES string of the molecule is NC(=O)CN(C(=O)NC1CC1)C1CCNC1. The highest BCUT2D eigenvalue weighted by atomic mass is 16.2. The number of hydrogen-bond acceptors (Lipinski definition) is 3. The number of rotatable bonds is 4. The first-order valence-electron chi connectivity index (χ1n) is 5.73. The van der Waals surface area contributed by atoms with Crippen molar-refractivity contribution in [3.05, 3.63) is 0 Å². The Hall–Kier alpha value is -1.30. The van der Waals surface area contributed by atoms with Crippen LogP contribution in [0.15, 0.2) is 0 Å². The van der Waals surface area contributed by atoms with Crippen LogP contribution in [-0.4, -0.2) is 48.6 Å². The zero-order chi connectivity index (χ0) is 11.5. The third-order valence-corrected chi connectivity index (χ3v) is 2.97. The number of nitrogens with one attached hydrogen (secondary N) is 2. The van der Waals surface area contributed by atoms with E-state index in [0.717, 1.165) is 32.4 Å². The molecule has 6 nitrogen and oxygen atoms in total. The fourth-order valence-electron chi connectivity index (χ4n) is 1.93. The smallest absolute Gasteiger partial charge is 0.318 e. The van der Waals surface area contributed by atoms with Crippen molar-refractivity contribution in [3.8, 4) is 0 Å². The van der Waals surface area contributed by atoms with Crippen molar-refractivity contribution in [1.29, 1.82) is 0 Å².